The summed E-state index contributed by atoms with van der Waals surface area (Å²) in [6, 6.07) is 19.5. The first-order valence-electron chi connectivity index (χ1n) is 15.6. The Kier molecular flexibility index (Phi) is 12.8. The number of likely N-dealkylation sites (N-methyl/N-ethyl adjacent to an activating group) is 1. The maximum absolute atomic E-state index is 15.4. The van der Waals surface area contributed by atoms with Crippen molar-refractivity contribution in [1.82, 2.24) is 14.8 Å². The number of pyridine rings is 1. The van der Waals surface area contributed by atoms with E-state index >= 15 is 4.39 Å². The fourth-order valence-electron chi connectivity index (χ4n) is 5.22. The van der Waals surface area contributed by atoms with Crippen LogP contribution in [0.4, 0.5) is 14.9 Å². The van der Waals surface area contributed by atoms with E-state index in [0.717, 1.165) is 76.5 Å². The van der Waals surface area contributed by atoms with E-state index in [1.54, 1.807) is 25.4 Å². The molecule has 0 saturated heterocycles. The van der Waals surface area contributed by atoms with E-state index in [2.05, 4.69) is 23.7 Å². The number of hydrogen-bond acceptors (Lipinski definition) is 6. The van der Waals surface area contributed by atoms with Gasteiger partial charge in [-0.05, 0) is 87.2 Å². The van der Waals surface area contributed by atoms with E-state index in [1.807, 2.05) is 55.5 Å². The van der Waals surface area contributed by atoms with Crippen molar-refractivity contribution in [3.8, 4) is 5.75 Å². The van der Waals surface area contributed by atoms with Crippen LogP contribution in [-0.4, -0.2) is 67.1 Å². The van der Waals surface area contributed by atoms with Gasteiger partial charge in [0.25, 0.3) is 0 Å². The van der Waals surface area contributed by atoms with Crippen molar-refractivity contribution in [1.29, 1.82) is 0 Å². The minimum Gasteiger partial charge on any atom is -0.493 e. The molecule has 0 aliphatic heterocycles. The summed E-state index contributed by atoms with van der Waals surface area (Å²) in [4.78, 5) is 35.6. The number of rotatable bonds is 16. The molecule has 7 nitrogen and oxygen atoms in total. The monoisotopic (exact) mass is 630 g/mol. The molecule has 4 aromatic rings. The van der Waals surface area contributed by atoms with E-state index < -0.39 is 11.8 Å². The van der Waals surface area contributed by atoms with Crippen LogP contribution in [0.2, 0.25) is 0 Å². The van der Waals surface area contributed by atoms with Gasteiger partial charge in [0.2, 0.25) is 6.41 Å². The smallest absolute Gasteiger partial charge is 0.330 e. The summed E-state index contributed by atoms with van der Waals surface area (Å²) >= 11 is 1.28. The highest BCUT2D eigenvalue weighted by Gasteiger charge is 2.21. The molecule has 45 heavy (non-hydrogen) atoms. The first kappa shape index (κ1) is 33.9. The van der Waals surface area contributed by atoms with Gasteiger partial charge in [0, 0.05) is 47.6 Å². The molecular weight excluding hydrogens is 587 g/mol. The number of amides is 3. The maximum atomic E-state index is 15.4. The Balaban J connectivity index is 1.42. The SMILES string of the molecule is CCCN(CCC)CCCOc1cc2nccc(Sc3ccc(N(C=O)C(=O)N(C)CCc4ccccc4)cc3F)c2cc1C. The molecule has 0 saturated carbocycles. The Morgan fingerprint density at radius 2 is 1.71 bits per heavy atom. The normalized spacial score (nSPS) is 11.2. The number of anilines is 1. The van der Waals surface area contributed by atoms with Crippen molar-refractivity contribution in [2.45, 2.75) is 56.2 Å². The molecule has 0 radical (unpaired) electrons. The van der Waals surface area contributed by atoms with Gasteiger partial charge in [0.05, 0.1) is 17.8 Å². The van der Waals surface area contributed by atoms with Crippen LogP contribution in [-0.2, 0) is 11.2 Å². The average molecular weight is 631 g/mol. The molecule has 0 bridgehead atoms. The van der Waals surface area contributed by atoms with Gasteiger partial charge < -0.3 is 14.5 Å². The fraction of sp³-hybridized carbons (Fsp3) is 0.361. The van der Waals surface area contributed by atoms with Crippen LogP contribution in [0.3, 0.4) is 0 Å². The number of hydrogen-bond donors (Lipinski definition) is 0. The lowest BCUT2D eigenvalue weighted by molar-refractivity contribution is -0.107. The van der Waals surface area contributed by atoms with Gasteiger partial charge in [-0.2, -0.15) is 0 Å². The predicted molar refractivity (Wildman–Crippen MR) is 181 cm³/mol. The third kappa shape index (κ3) is 9.28. The number of urea groups is 1. The Labute approximate surface area is 270 Å². The van der Waals surface area contributed by atoms with Crippen LogP contribution in [0, 0.1) is 12.7 Å². The number of aryl methyl sites for hydroxylation is 1. The zero-order valence-electron chi connectivity index (χ0n) is 26.7. The molecule has 0 aliphatic rings. The van der Waals surface area contributed by atoms with Crippen molar-refractivity contribution >= 4 is 40.8 Å². The Morgan fingerprint density at radius 1 is 0.956 bits per heavy atom. The van der Waals surface area contributed by atoms with Gasteiger partial charge >= 0.3 is 6.03 Å². The second-order valence-electron chi connectivity index (χ2n) is 11.1. The summed E-state index contributed by atoms with van der Waals surface area (Å²) in [6.07, 6.45) is 6.02. The summed E-state index contributed by atoms with van der Waals surface area (Å²) in [6.45, 7) is 10.7. The fourth-order valence-corrected chi connectivity index (χ4v) is 6.15. The van der Waals surface area contributed by atoms with Crippen molar-refractivity contribution in [3.05, 3.63) is 89.9 Å². The van der Waals surface area contributed by atoms with E-state index in [9.17, 15) is 9.59 Å². The van der Waals surface area contributed by atoms with E-state index in [4.69, 9.17) is 4.74 Å². The summed E-state index contributed by atoms with van der Waals surface area (Å²) in [5.74, 6) is 0.281. The van der Waals surface area contributed by atoms with Crippen molar-refractivity contribution in [2.24, 2.45) is 0 Å². The van der Waals surface area contributed by atoms with Crippen LogP contribution >= 0.6 is 11.8 Å². The van der Waals surface area contributed by atoms with Gasteiger partial charge in [-0.1, -0.05) is 55.9 Å². The van der Waals surface area contributed by atoms with Gasteiger partial charge in [-0.3, -0.25) is 9.78 Å². The lowest BCUT2D eigenvalue weighted by Gasteiger charge is -2.24. The highest BCUT2D eigenvalue weighted by atomic mass is 32.2. The molecule has 238 valence electrons. The topological polar surface area (TPSA) is 66.0 Å². The van der Waals surface area contributed by atoms with Crippen molar-refractivity contribution in [3.63, 3.8) is 0 Å². The molecule has 0 atom stereocenters. The molecular formula is C36H43FN4O3S. The summed E-state index contributed by atoms with van der Waals surface area (Å²) in [5, 5.41) is 0.901. The predicted octanol–water partition coefficient (Wildman–Crippen LogP) is 7.98. The quantitative estimate of drug-likeness (QED) is 0.0924. The number of imide groups is 1. The highest BCUT2D eigenvalue weighted by molar-refractivity contribution is 7.99. The highest BCUT2D eigenvalue weighted by Crippen LogP contribution is 2.37. The van der Waals surface area contributed by atoms with E-state index in [1.165, 1.54) is 22.7 Å². The lowest BCUT2D eigenvalue weighted by Crippen LogP contribution is -2.41. The first-order chi connectivity index (χ1) is 21.8. The molecule has 9 heteroatoms. The van der Waals surface area contributed by atoms with E-state index in [-0.39, 0.29) is 5.69 Å². The molecule has 0 spiro atoms. The average Bonchev–Trinajstić information content (AvgIpc) is 3.04. The van der Waals surface area contributed by atoms with Crippen LogP contribution in [0.25, 0.3) is 10.9 Å². The number of aromatic nitrogens is 1. The van der Waals surface area contributed by atoms with Crippen LogP contribution in [0.5, 0.6) is 5.75 Å². The summed E-state index contributed by atoms with van der Waals surface area (Å²) in [5.41, 5.74) is 3.02. The number of halogens is 1. The minimum atomic E-state index is -0.522. The summed E-state index contributed by atoms with van der Waals surface area (Å²) in [7, 11) is 1.63. The second-order valence-corrected chi connectivity index (χ2v) is 12.2. The zero-order chi connectivity index (χ0) is 32.2. The zero-order valence-corrected chi connectivity index (χ0v) is 27.5. The van der Waals surface area contributed by atoms with Gasteiger partial charge in [0.1, 0.15) is 11.6 Å². The second kappa shape index (κ2) is 16.9. The number of carbonyl (C=O) groups excluding carboxylic acids is 2. The Hall–Kier alpha value is -3.95. The van der Waals surface area contributed by atoms with Gasteiger partial charge in [-0.25, -0.2) is 14.1 Å². The van der Waals surface area contributed by atoms with Gasteiger partial charge in [-0.15, -0.1) is 0 Å². The molecule has 1 aromatic heterocycles. The molecule has 3 amide bonds. The van der Waals surface area contributed by atoms with Crippen LogP contribution in [0.15, 0.2) is 82.7 Å². The Morgan fingerprint density at radius 3 is 2.40 bits per heavy atom. The number of benzene rings is 3. The number of carbonyl (C=O) groups is 2. The molecule has 1 heterocycles. The van der Waals surface area contributed by atoms with Crippen LogP contribution < -0.4 is 9.64 Å². The van der Waals surface area contributed by atoms with Crippen molar-refractivity contribution < 1.29 is 18.7 Å². The molecule has 4 rings (SSSR count). The third-order valence-corrected chi connectivity index (χ3v) is 8.71. The minimum absolute atomic E-state index is 0.174. The molecule has 0 fully saturated rings. The van der Waals surface area contributed by atoms with Crippen LogP contribution in [0.1, 0.15) is 44.2 Å². The third-order valence-electron chi connectivity index (χ3n) is 7.58. The molecule has 0 aliphatic carbocycles. The molecule has 3 aromatic carbocycles. The van der Waals surface area contributed by atoms with Crippen molar-refractivity contribution in [2.75, 3.05) is 44.7 Å². The lowest BCUT2D eigenvalue weighted by atomic mass is 10.1. The van der Waals surface area contributed by atoms with E-state index in [0.29, 0.717) is 30.9 Å². The largest absolute Gasteiger partial charge is 0.493 e. The standard InChI is InChI=1S/C36H43FN4O3S/c1-5-18-40(19-6-2)20-10-22-44-33-25-32-30(23-27(33)3)34(15-17-38-32)45-35-14-13-29(24-31(35)37)41(26-42)36(43)39(4)21-16-28-11-8-7-9-12-28/h7-9,11-15,17,23-26H,5-6,10,16,18-22H2,1-4H3. The first-order valence-corrected chi connectivity index (χ1v) is 16.4. The summed E-state index contributed by atoms with van der Waals surface area (Å²) < 4.78 is 21.6. The molecule has 0 N–H and O–H groups in total. The number of fused-ring (bicyclic) bond motifs is 1. The number of nitrogens with zero attached hydrogens (tertiary/aromatic N) is 4. The maximum Gasteiger partial charge on any atom is 0.330 e. The number of ether oxygens (including phenoxy) is 1. The Bertz CT molecular complexity index is 1560. The van der Waals surface area contributed by atoms with Gasteiger partial charge in [0.15, 0.2) is 0 Å². The molecule has 0 unspecified atom stereocenters.